The van der Waals surface area contributed by atoms with Crippen molar-refractivity contribution >= 4 is 23.5 Å². The smallest absolute Gasteiger partial charge is 0.314 e. The topological polar surface area (TPSA) is 107 Å². The van der Waals surface area contributed by atoms with Gasteiger partial charge in [0.15, 0.2) is 5.54 Å². The fourth-order valence-electron chi connectivity index (χ4n) is 7.24. The molecule has 3 fully saturated rings. The molecule has 3 aliphatic rings. The summed E-state index contributed by atoms with van der Waals surface area (Å²) in [4.78, 5) is 46.5. The number of halogens is 1. The molecule has 2 amide bonds. The number of nitrogens with zero attached hydrogens (tertiary/aromatic N) is 3. The number of carboxylic acids is 1. The summed E-state index contributed by atoms with van der Waals surface area (Å²) in [5.74, 6) is -2.28. The number of benzene rings is 2. The standard InChI is InChI=1S/C31H39FN4O4/c32-25-11-13-26(14-12-25)34-19-21-35(22-20-34)28(38)31(27(33)37,24-9-5-2-6-10-24)36-17-15-30(16-18-36,29(39)40)23-7-3-1-4-8-23/h1,3-4,7-8,11-14,24H,2,5-6,9-10,15-22H2,(H2,33,37)(H,39,40). The fourth-order valence-corrected chi connectivity index (χ4v) is 7.24. The van der Waals surface area contributed by atoms with Crippen LogP contribution in [0.1, 0.15) is 50.5 Å². The third-order valence-electron chi connectivity index (χ3n) is 9.51. The van der Waals surface area contributed by atoms with Crippen LogP contribution >= 0.6 is 0 Å². The summed E-state index contributed by atoms with van der Waals surface area (Å²) in [6.07, 6.45) is 4.99. The van der Waals surface area contributed by atoms with Crippen molar-refractivity contribution in [2.75, 3.05) is 44.2 Å². The summed E-state index contributed by atoms with van der Waals surface area (Å²) in [7, 11) is 0. The molecule has 1 unspecified atom stereocenters. The van der Waals surface area contributed by atoms with Gasteiger partial charge in [-0.05, 0) is 61.4 Å². The second kappa shape index (κ2) is 11.6. The van der Waals surface area contributed by atoms with E-state index in [2.05, 4.69) is 4.90 Å². The molecule has 2 aliphatic heterocycles. The Bertz CT molecular complexity index is 1200. The lowest BCUT2D eigenvalue weighted by molar-refractivity contribution is -0.162. The molecule has 9 heteroatoms. The summed E-state index contributed by atoms with van der Waals surface area (Å²) in [6, 6.07) is 15.6. The van der Waals surface area contributed by atoms with Crippen LogP contribution in [0.3, 0.4) is 0 Å². The first-order valence-corrected chi connectivity index (χ1v) is 14.4. The molecule has 1 atom stereocenters. The molecule has 2 aromatic carbocycles. The Morgan fingerprint density at radius 3 is 2.00 bits per heavy atom. The maximum Gasteiger partial charge on any atom is 0.314 e. The number of primary amides is 1. The Balaban J connectivity index is 1.41. The van der Waals surface area contributed by atoms with Crippen LogP contribution in [0.5, 0.6) is 0 Å². The number of rotatable bonds is 7. The van der Waals surface area contributed by atoms with Crippen molar-refractivity contribution < 1.29 is 23.9 Å². The van der Waals surface area contributed by atoms with E-state index >= 15 is 0 Å². The van der Waals surface area contributed by atoms with Gasteiger partial charge < -0.3 is 20.6 Å². The lowest BCUT2D eigenvalue weighted by atomic mass is 9.68. The average molecular weight is 551 g/mol. The molecule has 0 radical (unpaired) electrons. The number of aliphatic carboxylic acids is 1. The van der Waals surface area contributed by atoms with Gasteiger partial charge in [-0.2, -0.15) is 0 Å². The number of nitrogens with two attached hydrogens (primary N) is 1. The fraction of sp³-hybridized carbons (Fsp3) is 0.516. The van der Waals surface area contributed by atoms with Crippen LogP contribution in [0.15, 0.2) is 54.6 Å². The molecular weight excluding hydrogens is 511 g/mol. The molecule has 0 spiro atoms. The molecule has 5 rings (SSSR count). The minimum atomic E-state index is -1.50. The zero-order valence-corrected chi connectivity index (χ0v) is 22.9. The van der Waals surface area contributed by atoms with Crippen LogP contribution < -0.4 is 10.6 Å². The highest BCUT2D eigenvalue weighted by Gasteiger charge is 2.59. The van der Waals surface area contributed by atoms with Gasteiger partial charge in [-0.15, -0.1) is 0 Å². The van der Waals surface area contributed by atoms with Crippen molar-refractivity contribution in [2.24, 2.45) is 11.7 Å². The number of hydrogen-bond acceptors (Lipinski definition) is 5. The van der Waals surface area contributed by atoms with Crippen molar-refractivity contribution in [3.63, 3.8) is 0 Å². The normalized spacial score (nSPS) is 21.9. The van der Waals surface area contributed by atoms with Crippen molar-refractivity contribution in [3.8, 4) is 0 Å². The minimum Gasteiger partial charge on any atom is -0.481 e. The van der Waals surface area contributed by atoms with Gasteiger partial charge in [-0.25, -0.2) is 4.39 Å². The van der Waals surface area contributed by atoms with Crippen LogP contribution in [0.4, 0.5) is 10.1 Å². The molecule has 8 nitrogen and oxygen atoms in total. The highest BCUT2D eigenvalue weighted by atomic mass is 19.1. The lowest BCUT2D eigenvalue weighted by Crippen LogP contribution is -2.73. The molecule has 2 aromatic rings. The van der Waals surface area contributed by atoms with E-state index in [9.17, 15) is 23.9 Å². The summed E-state index contributed by atoms with van der Waals surface area (Å²) in [6.45, 7) is 2.56. The molecule has 0 aromatic heterocycles. The number of likely N-dealkylation sites (tertiary alicyclic amines) is 1. The van der Waals surface area contributed by atoms with E-state index in [1.165, 1.54) is 12.1 Å². The third-order valence-corrected chi connectivity index (χ3v) is 9.51. The highest BCUT2D eigenvalue weighted by Crippen LogP contribution is 2.43. The van der Waals surface area contributed by atoms with Crippen molar-refractivity contribution in [1.82, 2.24) is 9.80 Å². The van der Waals surface area contributed by atoms with Gasteiger partial charge in [-0.1, -0.05) is 49.6 Å². The van der Waals surface area contributed by atoms with Crippen molar-refractivity contribution in [2.45, 2.75) is 55.9 Å². The average Bonchev–Trinajstić information content (AvgIpc) is 2.99. The highest BCUT2D eigenvalue weighted by molar-refractivity contribution is 6.09. The summed E-state index contributed by atoms with van der Waals surface area (Å²) in [5, 5.41) is 10.3. The van der Waals surface area contributed by atoms with Gasteiger partial charge in [0.05, 0.1) is 5.41 Å². The zero-order chi connectivity index (χ0) is 28.3. The first-order chi connectivity index (χ1) is 19.3. The Morgan fingerprint density at radius 1 is 0.850 bits per heavy atom. The maximum atomic E-state index is 14.5. The first kappa shape index (κ1) is 28.1. The number of piperidine rings is 1. The predicted octanol–water partition coefficient (Wildman–Crippen LogP) is 3.40. The molecule has 40 heavy (non-hydrogen) atoms. The van der Waals surface area contributed by atoms with Crippen molar-refractivity contribution in [3.05, 3.63) is 66.0 Å². The lowest BCUT2D eigenvalue weighted by Gasteiger charge is -2.52. The number of amides is 2. The monoisotopic (exact) mass is 550 g/mol. The molecule has 1 aliphatic carbocycles. The summed E-state index contributed by atoms with van der Waals surface area (Å²) >= 11 is 0. The number of piperazine rings is 1. The molecular formula is C31H39FN4O4. The van der Waals surface area contributed by atoms with Crippen LogP contribution in [0, 0.1) is 11.7 Å². The number of carbonyl (C=O) groups is 3. The Morgan fingerprint density at radius 2 is 1.45 bits per heavy atom. The molecule has 214 valence electrons. The summed E-state index contributed by atoms with van der Waals surface area (Å²) in [5.41, 5.74) is 5.29. The Labute approximate surface area is 234 Å². The van der Waals surface area contributed by atoms with E-state index in [-0.39, 0.29) is 17.6 Å². The largest absolute Gasteiger partial charge is 0.481 e. The molecule has 1 saturated carbocycles. The van der Waals surface area contributed by atoms with Gasteiger partial charge in [-0.3, -0.25) is 19.3 Å². The maximum absolute atomic E-state index is 14.5. The van der Waals surface area contributed by atoms with E-state index in [0.717, 1.165) is 43.4 Å². The van der Waals surface area contributed by atoms with Gasteiger partial charge in [0.1, 0.15) is 5.82 Å². The SMILES string of the molecule is NC(=O)C(C(=O)N1CCN(c2ccc(F)cc2)CC1)(C1CCCCC1)N1CCC(C(=O)O)(c2ccccc2)CC1. The molecule has 0 bridgehead atoms. The van der Waals surface area contributed by atoms with Crippen LogP contribution in [0.2, 0.25) is 0 Å². The summed E-state index contributed by atoms with van der Waals surface area (Å²) < 4.78 is 13.4. The zero-order valence-electron chi connectivity index (χ0n) is 22.9. The van der Waals surface area contributed by atoms with Crippen LogP contribution in [0.25, 0.3) is 0 Å². The van der Waals surface area contributed by atoms with Gasteiger partial charge in [0.2, 0.25) is 5.91 Å². The van der Waals surface area contributed by atoms with E-state index in [0.29, 0.717) is 52.1 Å². The van der Waals surface area contributed by atoms with E-state index in [4.69, 9.17) is 5.73 Å². The van der Waals surface area contributed by atoms with E-state index < -0.39 is 22.8 Å². The first-order valence-electron chi connectivity index (χ1n) is 14.4. The second-order valence-corrected chi connectivity index (χ2v) is 11.5. The van der Waals surface area contributed by atoms with Crippen LogP contribution in [-0.4, -0.2) is 77.5 Å². The number of anilines is 1. The molecule has 3 N–H and O–H groups in total. The van der Waals surface area contributed by atoms with E-state index in [1.54, 1.807) is 17.0 Å². The van der Waals surface area contributed by atoms with Gasteiger partial charge in [0.25, 0.3) is 5.91 Å². The minimum absolute atomic E-state index is 0.213. The van der Waals surface area contributed by atoms with Gasteiger partial charge in [0, 0.05) is 45.0 Å². The number of hydrogen-bond donors (Lipinski definition) is 2. The van der Waals surface area contributed by atoms with Crippen molar-refractivity contribution in [1.29, 1.82) is 0 Å². The van der Waals surface area contributed by atoms with Gasteiger partial charge >= 0.3 is 5.97 Å². The quantitative estimate of drug-likeness (QED) is 0.512. The number of carbonyl (C=O) groups excluding carboxylic acids is 2. The Hall–Kier alpha value is -3.46. The number of carboxylic acid groups (broad SMARTS) is 1. The molecule has 2 heterocycles. The Kier molecular flexibility index (Phi) is 8.12. The second-order valence-electron chi connectivity index (χ2n) is 11.5. The predicted molar refractivity (Wildman–Crippen MR) is 150 cm³/mol. The molecule has 2 saturated heterocycles. The van der Waals surface area contributed by atoms with Crippen LogP contribution in [-0.2, 0) is 19.8 Å². The third kappa shape index (κ3) is 4.96. The van der Waals surface area contributed by atoms with E-state index in [1.807, 2.05) is 35.2 Å².